The van der Waals surface area contributed by atoms with Gasteiger partial charge in [-0.15, -0.1) is 0 Å². The average Bonchev–Trinajstić information content (AvgIpc) is 3.13. The lowest BCUT2D eigenvalue weighted by Crippen LogP contribution is -2.24. The van der Waals surface area contributed by atoms with Crippen LogP contribution >= 0.6 is 0 Å². The van der Waals surface area contributed by atoms with Crippen molar-refractivity contribution >= 4 is 5.82 Å². The normalized spacial score (nSPS) is 21.9. The van der Waals surface area contributed by atoms with Crippen LogP contribution in [-0.4, -0.2) is 31.4 Å². The molecule has 1 aliphatic carbocycles. The Morgan fingerprint density at radius 3 is 3.00 bits per heavy atom. The summed E-state index contributed by atoms with van der Waals surface area (Å²) in [6, 6.07) is 2.08. The number of nitrogen functional groups attached to an aromatic ring is 1. The number of imidazole rings is 1. The van der Waals surface area contributed by atoms with Gasteiger partial charge in [-0.05, 0) is 51.1 Å². The topological polar surface area (TPSA) is 83.7 Å². The van der Waals surface area contributed by atoms with Crippen LogP contribution in [0.1, 0.15) is 54.8 Å². The minimum Gasteiger partial charge on any atom is -0.384 e. The standard InChI is InChI=1S/C16H22N6/c17-14-7-8-18-15(21-14)10-22-9-3-6-13(22)16-19-11-4-1-2-5-12(11)20-16/h7-8,13H,1-6,9-10H2,(H,19,20)(H2,17,18,21)/t13-/m1/s1. The quantitative estimate of drug-likeness (QED) is 0.905. The lowest BCUT2D eigenvalue weighted by Gasteiger charge is -2.21. The second kappa shape index (κ2) is 5.68. The van der Waals surface area contributed by atoms with Crippen LogP contribution in [0.15, 0.2) is 12.3 Å². The van der Waals surface area contributed by atoms with Crippen LogP contribution in [-0.2, 0) is 19.4 Å². The number of nitrogens with one attached hydrogen (secondary N) is 1. The molecule has 0 bridgehead atoms. The molecule has 4 rings (SSSR count). The first-order valence-corrected chi connectivity index (χ1v) is 8.19. The highest BCUT2D eigenvalue weighted by molar-refractivity contribution is 5.25. The van der Waals surface area contributed by atoms with Crippen LogP contribution < -0.4 is 5.73 Å². The first kappa shape index (κ1) is 13.7. The number of nitrogens with zero attached hydrogens (tertiary/aromatic N) is 4. The van der Waals surface area contributed by atoms with Crippen LogP contribution in [0.25, 0.3) is 0 Å². The molecule has 0 spiro atoms. The minimum atomic E-state index is 0.357. The summed E-state index contributed by atoms with van der Waals surface area (Å²) in [6.45, 7) is 1.80. The summed E-state index contributed by atoms with van der Waals surface area (Å²) in [5.74, 6) is 2.46. The number of nitrogens with two attached hydrogens (primary N) is 1. The van der Waals surface area contributed by atoms with Crippen molar-refractivity contribution in [3.63, 3.8) is 0 Å². The molecule has 2 aromatic rings. The number of H-pyrrole nitrogens is 1. The molecule has 0 saturated carbocycles. The van der Waals surface area contributed by atoms with E-state index in [1.807, 2.05) is 0 Å². The summed E-state index contributed by atoms with van der Waals surface area (Å²) in [4.78, 5) is 19.5. The molecule has 6 heteroatoms. The van der Waals surface area contributed by atoms with Crippen molar-refractivity contribution in [2.24, 2.45) is 0 Å². The van der Waals surface area contributed by atoms with Crippen molar-refractivity contribution in [3.8, 4) is 0 Å². The third-order valence-electron chi connectivity index (χ3n) is 4.72. The highest BCUT2D eigenvalue weighted by atomic mass is 15.2. The van der Waals surface area contributed by atoms with Gasteiger partial charge in [0.1, 0.15) is 17.5 Å². The van der Waals surface area contributed by atoms with Crippen molar-refractivity contribution < 1.29 is 0 Å². The molecular weight excluding hydrogens is 276 g/mol. The number of hydrogen-bond donors (Lipinski definition) is 2. The molecule has 0 aromatic carbocycles. The summed E-state index contributed by atoms with van der Waals surface area (Å²) in [7, 11) is 0. The lowest BCUT2D eigenvalue weighted by molar-refractivity contribution is 0.234. The van der Waals surface area contributed by atoms with Crippen LogP contribution in [0.2, 0.25) is 0 Å². The maximum Gasteiger partial charge on any atom is 0.144 e. The SMILES string of the molecule is Nc1ccnc(CN2CCC[C@@H]2c2nc3c([nH]2)CCCC3)n1. The van der Waals surface area contributed by atoms with E-state index in [-0.39, 0.29) is 0 Å². The molecule has 0 radical (unpaired) electrons. The molecule has 0 amide bonds. The molecule has 22 heavy (non-hydrogen) atoms. The summed E-state index contributed by atoms with van der Waals surface area (Å²) in [5.41, 5.74) is 8.40. The Morgan fingerprint density at radius 1 is 1.23 bits per heavy atom. The molecule has 1 atom stereocenters. The molecule has 116 valence electrons. The summed E-state index contributed by atoms with van der Waals surface area (Å²) in [5, 5.41) is 0. The van der Waals surface area contributed by atoms with Crippen LogP contribution in [0, 0.1) is 0 Å². The van der Waals surface area contributed by atoms with E-state index < -0.39 is 0 Å². The largest absolute Gasteiger partial charge is 0.384 e. The first-order valence-electron chi connectivity index (χ1n) is 8.19. The van der Waals surface area contributed by atoms with Crippen molar-refractivity contribution in [1.82, 2.24) is 24.8 Å². The Kier molecular flexibility index (Phi) is 3.54. The smallest absolute Gasteiger partial charge is 0.144 e. The van der Waals surface area contributed by atoms with Gasteiger partial charge in [-0.1, -0.05) is 0 Å². The Hall–Kier alpha value is -1.95. The highest BCUT2D eigenvalue weighted by Gasteiger charge is 2.30. The van der Waals surface area contributed by atoms with E-state index in [9.17, 15) is 0 Å². The predicted octanol–water partition coefficient (Wildman–Crippen LogP) is 2.00. The fourth-order valence-electron chi connectivity index (χ4n) is 3.63. The fourth-order valence-corrected chi connectivity index (χ4v) is 3.63. The second-order valence-electron chi connectivity index (χ2n) is 6.28. The van der Waals surface area contributed by atoms with Gasteiger partial charge in [0.15, 0.2) is 0 Å². The second-order valence-corrected chi connectivity index (χ2v) is 6.28. The van der Waals surface area contributed by atoms with Gasteiger partial charge in [0, 0.05) is 11.9 Å². The molecule has 1 fully saturated rings. The van der Waals surface area contributed by atoms with E-state index in [1.54, 1.807) is 12.3 Å². The van der Waals surface area contributed by atoms with Gasteiger partial charge in [0.25, 0.3) is 0 Å². The minimum absolute atomic E-state index is 0.357. The van der Waals surface area contributed by atoms with Gasteiger partial charge < -0.3 is 10.7 Å². The number of rotatable bonds is 3. The molecular formula is C16H22N6. The number of aryl methyl sites for hydroxylation is 2. The molecule has 3 heterocycles. The Bertz CT molecular complexity index is 641. The molecule has 3 N–H and O–H groups in total. The van der Waals surface area contributed by atoms with Crippen LogP contribution in [0.5, 0.6) is 0 Å². The van der Waals surface area contributed by atoms with E-state index in [0.717, 1.165) is 44.0 Å². The van der Waals surface area contributed by atoms with Gasteiger partial charge in [-0.3, -0.25) is 4.90 Å². The Morgan fingerprint density at radius 2 is 2.14 bits per heavy atom. The number of likely N-dealkylation sites (tertiary alicyclic amines) is 1. The van der Waals surface area contributed by atoms with Gasteiger partial charge in [0.2, 0.25) is 0 Å². The third kappa shape index (κ3) is 2.59. The fraction of sp³-hybridized carbons (Fsp3) is 0.562. The van der Waals surface area contributed by atoms with Crippen LogP contribution in [0.4, 0.5) is 5.82 Å². The van der Waals surface area contributed by atoms with Crippen molar-refractivity contribution in [2.75, 3.05) is 12.3 Å². The highest BCUT2D eigenvalue weighted by Crippen LogP contribution is 2.32. The van der Waals surface area contributed by atoms with Crippen LogP contribution in [0.3, 0.4) is 0 Å². The van der Waals surface area contributed by atoms with E-state index >= 15 is 0 Å². The van der Waals surface area contributed by atoms with Gasteiger partial charge in [0.05, 0.1) is 18.3 Å². The summed E-state index contributed by atoms with van der Waals surface area (Å²) >= 11 is 0. The molecule has 2 aromatic heterocycles. The molecule has 6 nitrogen and oxygen atoms in total. The Balaban J connectivity index is 1.54. The molecule has 2 aliphatic rings. The maximum absolute atomic E-state index is 5.76. The number of hydrogen-bond acceptors (Lipinski definition) is 5. The van der Waals surface area contributed by atoms with E-state index in [2.05, 4.69) is 19.9 Å². The number of fused-ring (bicyclic) bond motifs is 1. The Labute approximate surface area is 130 Å². The van der Waals surface area contributed by atoms with E-state index in [0.29, 0.717) is 11.9 Å². The van der Waals surface area contributed by atoms with Crippen molar-refractivity contribution in [2.45, 2.75) is 51.1 Å². The zero-order valence-electron chi connectivity index (χ0n) is 12.8. The van der Waals surface area contributed by atoms with E-state index in [4.69, 9.17) is 10.7 Å². The number of aromatic amines is 1. The van der Waals surface area contributed by atoms with Gasteiger partial charge in [-0.25, -0.2) is 15.0 Å². The molecule has 1 aliphatic heterocycles. The van der Waals surface area contributed by atoms with Gasteiger partial charge in [-0.2, -0.15) is 0 Å². The summed E-state index contributed by atoms with van der Waals surface area (Å²) < 4.78 is 0. The number of anilines is 1. The zero-order chi connectivity index (χ0) is 14.9. The first-order chi connectivity index (χ1) is 10.8. The molecule has 0 unspecified atom stereocenters. The maximum atomic E-state index is 5.76. The molecule has 1 saturated heterocycles. The van der Waals surface area contributed by atoms with E-state index in [1.165, 1.54) is 30.7 Å². The average molecular weight is 298 g/mol. The van der Waals surface area contributed by atoms with Crippen molar-refractivity contribution in [3.05, 3.63) is 35.3 Å². The predicted molar refractivity (Wildman–Crippen MR) is 84.1 cm³/mol. The number of aromatic nitrogens is 4. The lowest BCUT2D eigenvalue weighted by atomic mass is 10.0. The summed E-state index contributed by atoms with van der Waals surface area (Å²) in [6.07, 6.45) is 8.88. The van der Waals surface area contributed by atoms with Crippen molar-refractivity contribution in [1.29, 1.82) is 0 Å². The van der Waals surface area contributed by atoms with Gasteiger partial charge >= 0.3 is 0 Å². The third-order valence-corrected chi connectivity index (χ3v) is 4.72. The monoisotopic (exact) mass is 298 g/mol. The zero-order valence-corrected chi connectivity index (χ0v) is 12.8.